The molecule has 0 bridgehead atoms. The molecule has 0 amide bonds. The van der Waals surface area contributed by atoms with Gasteiger partial charge >= 0.3 is 6.09 Å². The van der Waals surface area contributed by atoms with E-state index in [0.29, 0.717) is 11.3 Å². The molecule has 0 aliphatic heterocycles. The lowest BCUT2D eigenvalue weighted by Crippen LogP contribution is -2.10. The molecule has 0 aliphatic carbocycles. The van der Waals surface area contributed by atoms with Crippen molar-refractivity contribution in [1.29, 1.82) is 0 Å². The Bertz CT molecular complexity index is 475. The third-order valence-electron chi connectivity index (χ3n) is 1.81. The van der Waals surface area contributed by atoms with Gasteiger partial charge in [-0.1, -0.05) is 0 Å². The van der Waals surface area contributed by atoms with Crippen molar-refractivity contribution < 1.29 is 9.90 Å². The van der Waals surface area contributed by atoms with E-state index in [1.807, 2.05) is 0 Å². The zero-order valence-electron chi connectivity index (χ0n) is 6.93. The molecular weight excluding hydrogens is 170 g/mol. The molecule has 0 saturated heterocycles. The van der Waals surface area contributed by atoms with Gasteiger partial charge in [-0.05, 0) is 19.1 Å². The van der Waals surface area contributed by atoms with E-state index in [0.717, 1.165) is 10.1 Å². The zero-order valence-corrected chi connectivity index (χ0v) is 6.93. The number of rotatable bonds is 0. The second-order valence-corrected chi connectivity index (χ2v) is 2.65. The lowest BCUT2D eigenvalue weighted by atomic mass is 10.3. The van der Waals surface area contributed by atoms with Gasteiger partial charge in [-0.25, -0.2) is 9.78 Å². The Kier molecular flexibility index (Phi) is 1.51. The number of carbonyl (C=O) groups is 1. The number of fused-ring (bicyclic) bond motifs is 1. The molecule has 2 heterocycles. The number of aromatic nitrogens is 3. The van der Waals surface area contributed by atoms with Crippen LogP contribution in [0, 0.1) is 6.92 Å². The number of carboxylic acid groups (broad SMARTS) is 1. The fraction of sp³-hybridized carbons (Fsp3) is 0.125. The summed E-state index contributed by atoms with van der Waals surface area (Å²) in [5.41, 5.74) is 1.05. The normalized spacial score (nSPS) is 10.5. The maximum atomic E-state index is 10.7. The molecule has 2 rings (SSSR count). The second kappa shape index (κ2) is 2.55. The predicted octanol–water partition coefficient (Wildman–Crippen LogP) is 1.27. The highest BCUT2D eigenvalue weighted by atomic mass is 16.4. The maximum absolute atomic E-state index is 10.7. The van der Waals surface area contributed by atoms with Crippen LogP contribution < -0.4 is 0 Å². The molecule has 66 valence electrons. The van der Waals surface area contributed by atoms with Crippen LogP contribution in [0.4, 0.5) is 4.79 Å². The Labute approximate surface area is 73.6 Å². The standard InChI is InChI=1S/C8H7N3O2/c1-5-6-3-2-4-9-7(6)11(10-5)8(12)13/h2-4H,1H3,(H,12,13). The first-order chi connectivity index (χ1) is 6.20. The first-order valence-electron chi connectivity index (χ1n) is 3.74. The molecule has 5 nitrogen and oxygen atoms in total. The van der Waals surface area contributed by atoms with Crippen LogP contribution in [-0.4, -0.2) is 26.0 Å². The molecule has 0 fully saturated rings. The highest BCUT2D eigenvalue weighted by Crippen LogP contribution is 2.14. The summed E-state index contributed by atoms with van der Waals surface area (Å²) in [5, 5.41) is 13.4. The molecule has 0 aliphatic rings. The van der Waals surface area contributed by atoms with Gasteiger partial charge in [0, 0.05) is 11.6 Å². The van der Waals surface area contributed by atoms with Crippen LogP contribution in [0.15, 0.2) is 18.3 Å². The molecule has 1 N–H and O–H groups in total. The van der Waals surface area contributed by atoms with Crippen LogP contribution in [0.2, 0.25) is 0 Å². The number of nitrogens with zero attached hydrogens (tertiary/aromatic N) is 3. The van der Waals surface area contributed by atoms with Crippen molar-refractivity contribution in [3.63, 3.8) is 0 Å². The minimum absolute atomic E-state index is 0.382. The van der Waals surface area contributed by atoms with Crippen molar-refractivity contribution in [1.82, 2.24) is 14.8 Å². The third-order valence-corrected chi connectivity index (χ3v) is 1.81. The molecule has 0 aromatic carbocycles. The highest BCUT2D eigenvalue weighted by molar-refractivity contribution is 5.85. The lowest BCUT2D eigenvalue weighted by molar-refractivity contribution is 0.193. The van der Waals surface area contributed by atoms with Gasteiger partial charge in [-0.3, -0.25) is 0 Å². The van der Waals surface area contributed by atoms with Crippen LogP contribution in [0.25, 0.3) is 11.0 Å². The van der Waals surface area contributed by atoms with Gasteiger partial charge in [-0.15, -0.1) is 4.68 Å². The fourth-order valence-electron chi connectivity index (χ4n) is 1.23. The van der Waals surface area contributed by atoms with Gasteiger partial charge in [0.15, 0.2) is 5.65 Å². The van der Waals surface area contributed by atoms with Gasteiger partial charge in [0.2, 0.25) is 0 Å². The summed E-state index contributed by atoms with van der Waals surface area (Å²) in [4.78, 5) is 14.6. The third kappa shape index (κ3) is 1.05. The lowest BCUT2D eigenvalue weighted by Gasteiger charge is -1.91. The van der Waals surface area contributed by atoms with Crippen LogP contribution in [0.1, 0.15) is 5.69 Å². The first kappa shape index (κ1) is 7.72. The van der Waals surface area contributed by atoms with Crippen LogP contribution in [-0.2, 0) is 0 Å². The second-order valence-electron chi connectivity index (χ2n) is 2.65. The molecule has 0 spiro atoms. The Morgan fingerprint density at radius 1 is 1.62 bits per heavy atom. The summed E-state index contributed by atoms with van der Waals surface area (Å²) in [6.45, 7) is 1.75. The number of hydrogen-bond acceptors (Lipinski definition) is 3. The minimum atomic E-state index is -1.11. The van der Waals surface area contributed by atoms with E-state index < -0.39 is 6.09 Å². The molecule has 0 radical (unpaired) electrons. The Morgan fingerprint density at radius 2 is 2.38 bits per heavy atom. The highest BCUT2D eigenvalue weighted by Gasteiger charge is 2.11. The maximum Gasteiger partial charge on any atom is 0.434 e. The molecule has 0 saturated carbocycles. The first-order valence-corrected chi connectivity index (χ1v) is 3.74. The van der Waals surface area contributed by atoms with Crippen molar-refractivity contribution in [2.45, 2.75) is 6.92 Å². The van der Waals surface area contributed by atoms with E-state index >= 15 is 0 Å². The fourth-order valence-corrected chi connectivity index (χ4v) is 1.23. The van der Waals surface area contributed by atoms with Crippen molar-refractivity contribution >= 4 is 17.1 Å². The Morgan fingerprint density at radius 3 is 3.08 bits per heavy atom. The summed E-state index contributed by atoms with van der Waals surface area (Å²) >= 11 is 0. The van der Waals surface area contributed by atoms with E-state index in [4.69, 9.17) is 5.11 Å². The molecule has 5 heteroatoms. The van der Waals surface area contributed by atoms with Crippen molar-refractivity contribution in [3.8, 4) is 0 Å². The van der Waals surface area contributed by atoms with Crippen molar-refractivity contribution in [2.24, 2.45) is 0 Å². The molecule has 2 aromatic heterocycles. The molecule has 0 atom stereocenters. The zero-order chi connectivity index (χ0) is 9.42. The minimum Gasteiger partial charge on any atom is -0.463 e. The van der Waals surface area contributed by atoms with E-state index in [1.54, 1.807) is 25.3 Å². The average Bonchev–Trinajstić information content (AvgIpc) is 2.45. The van der Waals surface area contributed by atoms with Gasteiger partial charge < -0.3 is 5.11 Å². The van der Waals surface area contributed by atoms with Crippen LogP contribution in [0.3, 0.4) is 0 Å². The number of pyridine rings is 1. The van der Waals surface area contributed by atoms with Crippen molar-refractivity contribution in [3.05, 3.63) is 24.0 Å². The SMILES string of the molecule is Cc1nn(C(=O)O)c2ncccc12. The monoisotopic (exact) mass is 177 g/mol. The Hall–Kier alpha value is -1.91. The number of aryl methyl sites for hydroxylation is 1. The topological polar surface area (TPSA) is 68.0 Å². The summed E-state index contributed by atoms with van der Waals surface area (Å²) < 4.78 is 0.880. The van der Waals surface area contributed by atoms with E-state index in [9.17, 15) is 4.79 Å². The van der Waals surface area contributed by atoms with E-state index in [1.165, 1.54) is 0 Å². The summed E-state index contributed by atoms with van der Waals surface area (Å²) in [7, 11) is 0. The summed E-state index contributed by atoms with van der Waals surface area (Å²) in [5.74, 6) is 0. The van der Waals surface area contributed by atoms with Crippen LogP contribution >= 0.6 is 0 Å². The molecule has 0 unspecified atom stereocenters. The average molecular weight is 177 g/mol. The summed E-state index contributed by atoms with van der Waals surface area (Å²) in [6.07, 6.45) is 0.430. The van der Waals surface area contributed by atoms with E-state index in [2.05, 4.69) is 10.1 Å². The van der Waals surface area contributed by atoms with Gasteiger partial charge in [0.25, 0.3) is 0 Å². The molecular formula is C8H7N3O2. The van der Waals surface area contributed by atoms with E-state index in [-0.39, 0.29) is 0 Å². The molecule has 13 heavy (non-hydrogen) atoms. The smallest absolute Gasteiger partial charge is 0.434 e. The molecule has 2 aromatic rings. The number of hydrogen-bond donors (Lipinski definition) is 1. The van der Waals surface area contributed by atoms with Gasteiger partial charge in [-0.2, -0.15) is 5.10 Å². The summed E-state index contributed by atoms with van der Waals surface area (Å²) in [6, 6.07) is 3.55. The van der Waals surface area contributed by atoms with Crippen LogP contribution in [0.5, 0.6) is 0 Å². The van der Waals surface area contributed by atoms with Gasteiger partial charge in [0.1, 0.15) is 0 Å². The Balaban J connectivity index is 2.85. The predicted molar refractivity (Wildman–Crippen MR) is 45.7 cm³/mol. The largest absolute Gasteiger partial charge is 0.463 e. The quantitative estimate of drug-likeness (QED) is 0.657. The van der Waals surface area contributed by atoms with Gasteiger partial charge in [0.05, 0.1) is 5.69 Å². The van der Waals surface area contributed by atoms with Crippen molar-refractivity contribution in [2.75, 3.05) is 0 Å².